The second kappa shape index (κ2) is 4.34. The average Bonchev–Trinajstić information content (AvgIpc) is 2.42. The molecule has 3 N–H and O–H groups in total. The first-order valence-electron chi connectivity index (χ1n) is 4.27. The highest BCUT2D eigenvalue weighted by Crippen LogP contribution is 2.25. The van der Waals surface area contributed by atoms with Gasteiger partial charge in [0.2, 0.25) is 0 Å². The summed E-state index contributed by atoms with van der Waals surface area (Å²) >= 11 is 0. The number of aliphatic hydroxyl groups excluding tert-OH is 3. The van der Waals surface area contributed by atoms with Gasteiger partial charge < -0.3 is 24.8 Å². The normalized spacial score (nSPS) is 42.2. The summed E-state index contributed by atoms with van der Waals surface area (Å²) in [5.41, 5.74) is 0. The van der Waals surface area contributed by atoms with Gasteiger partial charge in [0.25, 0.3) is 0 Å². The molecule has 3 unspecified atom stereocenters. The molecule has 1 fully saturated rings. The van der Waals surface area contributed by atoms with Crippen LogP contribution in [0.25, 0.3) is 0 Å². The van der Waals surface area contributed by atoms with Gasteiger partial charge in [0.05, 0.1) is 12.7 Å². The smallest absolute Gasteiger partial charge is 0.115 e. The zero-order valence-electron chi connectivity index (χ0n) is 7.75. The standard InChI is InChI=1S/C8H16O5/c1-4-6(11)8(12-2)7(13-4)5(10)3-9/h4-11H,3H2,1-2H3/t4?,5-,6?,7-,8?/m1/s1. The van der Waals surface area contributed by atoms with Crippen molar-refractivity contribution in [1.29, 1.82) is 0 Å². The highest BCUT2D eigenvalue weighted by Gasteiger charge is 2.44. The molecule has 1 saturated heterocycles. The molecule has 13 heavy (non-hydrogen) atoms. The van der Waals surface area contributed by atoms with E-state index < -0.39 is 31.0 Å². The quantitative estimate of drug-likeness (QED) is 0.507. The van der Waals surface area contributed by atoms with E-state index in [1.807, 2.05) is 0 Å². The number of hydrogen-bond donors (Lipinski definition) is 3. The molecule has 0 bridgehead atoms. The number of aliphatic hydroxyl groups is 3. The number of ether oxygens (including phenoxy) is 2. The fourth-order valence-corrected chi connectivity index (χ4v) is 1.55. The third-order valence-corrected chi connectivity index (χ3v) is 2.35. The minimum absolute atomic E-state index is 0.379. The van der Waals surface area contributed by atoms with Crippen LogP contribution in [0.3, 0.4) is 0 Å². The van der Waals surface area contributed by atoms with E-state index in [-0.39, 0.29) is 6.10 Å². The Morgan fingerprint density at radius 3 is 2.62 bits per heavy atom. The topological polar surface area (TPSA) is 79.2 Å². The Morgan fingerprint density at radius 1 is 1.54 bits per heavy atom. The molecular weight excluding hydrogens is 176 g/mol. The summed E-state index contributed by atoms with van der Waals surface area (Å²) in [4.78, 5) is 0. The SMILES string of the molecule is COC1C(O)C(C)O[C@@H]1[C@H](O)CO. The average molecular weight is 192 g/mol. The number of rotatable bonds is 3. The van der Waals surface area contributed by atoms with Gasteiger partial charge >= 0.3 is 0 Å². The van der Waals surface area contributed by atoms with Crippen LogP contribution in [0.4, 0.5) is 0 Å². The lowest BCUT2D eigenvalue weighted by Crippen LogP contribution is -2.41. The van der Waals surface area contributed by atoms with E-state index in [9.17, 15) is 10.2 Å². The summed E-state index contributed by atoms with van der Waals surface area (Å²) in [5, 5.41) is 27.6. The molecule has 0 saturated carbocycles. The first-order valence-corrected chi connectivity index (χ1v) is 4.27. The number of methoxy groups -OCH3 is 1. The molecule has 1 aliphatic rings. The van der Waals surface area contributed by atoms with Crippen molar-refractivity contribution >= 4 is 0 Å². The molecule has 1 rings (SSSR count). The molecule has 0 aliphatic carbocycles. The maximum Gasteiger partial charge on any atom is 0.115 e. The van der Waals surface area contributed by atoms with Gasteiger partial charge in [-0.3, -0.25) is 0 Å². The van der Waals surface area contributed by atoms with E-state index in [0.717, 1.165) is 0 Å². The molecule has 5 nitrogen and oxygen atoms in total. The predicted octanol–water partition coefficient (Wildman–Crippen LogP) is -1.50. The molecule has 0 radical (unpaired) electrons. The summed E-state index contributed by atoms with van der Waals surface area (Å²) in [6, 6.07) is 0. The van der Waals surface area contributed by atoms with Crippen molar-refractivity contribution < 1.29 is 24.8 Å². The minimum atomic E-state index is -1.01. The van der Waals surface area contributed by atoms with Crippen LogP contribution >= 0.6 is 0 Å². The van der Waals surface area contributed by atoms with E-state index in [0.29, 0.717) is 0 Å². The molecule has 78 valence electrons. The van der Waals surface area contributed by atoms with Gasteiger partial charge in [0.15, 0.2) is 0 Å². The van der Waals surface area contributed by atoms with E-state index >= 15 is 0 Å². The largest absolute Gasteiger partial charge is 0.394 e. The van der Waals surface area contributed by atoms with Crippen LogP contribution < -0.4 is 0 Å². The van der Waals surface area contributed by atoms with Crippen LogP contribution in [-0.2, 0) is 9.47 Å². The van der Waals surface area contributed by atoms with Gasteiger partial charge in [-0.25, -0.2) is 0 Å². The van der Waals surface area contributed by atoms with Gasteiger partial charge in [-0.2, -0.15) is 0 Å². The van der Waals surface area contributed by atoms with E-state index in [2.05, 4.69) is 0 Å². The number of hydrogen-bond acceptors (Lipinski definition) is 5. The summed E-state index contributed by atoms with van der Waals surface area (Å²) in [5.74, 6) is 0. The van der Waals surface area contributed by atoms with E-state index in [4.69, 9.17) is 14.6 Å². The Morgan fingerprint density at radius 2 is 2.15 bits per heavy atom. The summed E-state index contributed by atoms with van der Waals surface area (Å²) in [6.07, 6.45) is -3.37. The molecule has 1 heterocycles. The first kappa shape index (κ1) is 10.9. The lowest BCUT2D eigenvalue weighted by atomic mass is 10.0. The monoisotopic (exact) mass is 192 g/mol. The van der Waals surface area contributed by atoms with Crippen LogP contribution in [0.15, 0.2) is 0 Å². The molecule has 0 spiro atoms. The molecule has 0 aromatic rings. The lowest BCUT2D eigenvalue weighted by molar-refractivity contribution is -0.0877. The molecule has 1 aliphatic heterocycles. The summed E-state index contributed by atoms with van der Waals surface area (Å²) < 4.78 is 10.2. The van der Waals surface area contributed by atoms with Crippen molar-refractivity contribution in [2.75, 3.05) is 13.7 Å². The molecule has 0 aromatic carbocycles. The maximum absolute atomic E-state index is 9.53. The summed E-state index contributed by atoms with van der Waals surface area (Å²) in [6.45, 7) is 1.30. The first-order chi connectivity index (χ1) is 6.11. The van der Waals surface area contributed by atoms with E-state index in [1.54, 1.807) is 6.92 Å². The highest BCUT2D eigenvalue weighted by molar-refractivity contribution is 4.92. The zero-order valence-corrected chi connectivity index (χ0v) is 7.75. The van der Waals surface area contributed by atoms with Gasteiger partial charge in [-0.05, 0) is 6.92 Å². The van der Waals surface area contributed by atoms with Crippen molar-refractivity contribution in [2.45, 2.75) is 37.4 Å². The highest BCUT2D eigenvalue weighted by atomic mass is 16.6. The molecule has 0 amide bonds. The molecule has 5 atom stereocenters. The van der Waals surface area contributed by atoms with Crippen LogP contribution in [0.1, 0.15) is 6.92 Å². The van der Waals surface area contributed by atoms with Crippen molar-refractivity contribution in [3.05, 3.63) is 0 Å². The van der Waals surface area contributed by atoms with Gasteiger partial charge in [-0.1, -0.05) is 0 Å². The van der Waals surface area contributed by atoms with Crippen LogP contribution in [0.2, 0.25) is 0 Å². The maximum atomic E-state index is 9.53. The van der Waals surface area contributed by atoms with Gasteiger partial charge in [0.1, 0.15) is 24.4 Å². The van der Waals surface area contributed by atoms with Crippen LogP contribution in [0.5, 0.6) is 0 Å². The van der Waals surface area contributed by atoms with Crippen molar-refractivity contribution in [3.8, 4) is 0 Å². The Balaban J connectivity index is 2.64. The fraction of sp³-hybridized carbons (Fsp3) is 1.00. The minimum Gasteiger partial charge on any atom is -0.394 e. The third-order valence-electron chi connectivity index (χ3n) is 2.35. The lowest BCUT2D eigenvalue weighted by Gasteiger charge is -2.21. The fourth-order valence-electron chi connectivity index (χ4n) is 1.55. The Hall–Kier alpha value is -0.200. The Bertz CT molecular complexity index is 163. The van der Waals surface area contributed by atoms with Crippen molar-refractivity contribution in [3.63, 3.8) is 0 Å². The van der Waals surface area contributed by atoms with Crippen molar-refractivity contribution in [2.24, 2.45) is 0 Å². The zero-order chi connectivity index (χ0) is 10.0. The molecule has 0 aromatic heterocycles. The second-order valence-electron chi connectivity index (χ2n) is 3.25. The van der Waals surface area contributed by atoms with Gasteiger partial charge in [0, 0.05) is 7.11 Å². The van der Waals surface area contributed by atoms with E-state index in [1.165, 1.54) is 7.11 Å². The summed E-state index contributed by atoms with van der Waals surface area (Å²) in [7, 11) is 1.44. The van der Waals surface area contributed by atoms with Gasteiger partial charge in [-0.15, -0.1) is 0 Å². The molecule has 5 heteroatoms. The van der Waals surface area contributed by atoms with Crippen molar-refractivity contribution in [1.82, 2.24) is 0 Å². The van der Waals surface area contributed by atoms with Crippen LogP contribution in [0, 0.1) is 0 Å². The Labute approximate surface area is 76.9 Å². The molecular formula is C8H16O5. The Kier molecular flexibility index (Phi) is 3.63. The second-order valence-corrected chi connectivity index (χ2v) is 3.25. The van der Waals surface area contributed by atoms with Crippen LogP contribution in [-0.4, -0.2) is 59.6 Å². The predicted molar refractivity (Wildman–Crippen MR) is 44.2 cm³/mol. The third kappa shape index (κ3) is 2.00.